The molecule has 2 aliphatic rings. The lowest BCUT2D eigenvalue weighted by molar-refractivity contribution is -0.127. The minimum atomic E-state index is -0.547. The SMILES string of the molecule is COCC(=O)N[C@@H]1CCN2C(=O)N(c3ccc(Cl)cc3)C(=O)[C@@H]2C1. The summed E-state index contributed by atoms with van der Waals surface area (Å²) in [5, 5.41) is 3.38. The third-order valence-corrected chi connectivity index (χ3v) is 4.52. The fourth-order valence-corrected chi connectivity index (χ4v) is 3.29. The van der Waals surface area contributed by atoms with Crippen LogP contribution in [0.5, 0.6) is 0 Å². The average Bonchev–Trinajstić information content (AvgIpc) is 2.80. The molecule has 2 atom stereocenters. The lowest BCUT2D eigenvalue weighted by Gasteiger charge is -2.32. The Kier molecular flexibility index (Phi) is 4.73. The monoisotopic (exact) mass is 351 g/mol. The number of carbonyl (C=O) groups is 3. The molecule has 2 heterocycles. The highest BCUT2D eigenvalue weighted by molar-refractivity contribution is 6.30. The van der Waals surface area contributed by atoms with E-state index in [1.807, 2.05) is 0 Å². The van der Waals surface area contributed by atoms with E-state index in [1.54, 1.807) is 29.2 Å². The number of benzene rings is 1. The Morgan fingerprint density at radius 3 is 2.71 bits per heavy atom. The summed E-state index contributed by atoms with van der Waals surface area (Å²) in [6.07, 6.45) is 1.02. The zero-order chi connectivity index (χ0) is 17.3. The summed E-state index contributed by atoms with van der Waals surface area (Å²) < 4.78 is 4.79. The van der Waals surface area contributed by atoms with Crippen LogP contribution >= 0.6 is 11.6 Å². The van der Waals surface area contributed by atoms with Crippen molar-refractivity contribution in [3.05, 3.63) is 29.3 Å². The smallest absolute Gasteiger partial charge is 0.332 e. The zero-order valence-electron chi connectivity index (χ0n) is 13.2. The van der Waals surface area contributed by atoms with Gasteiger partial charge in [-0.3, -0.25) is 9.59 Å². The summed E-state index contributed by atoms with van der Waals surface area (Å²) in [4.78, 5) is 39.6. The van der Waals surface area contributed by atoms with Crippen LogP contribution in [0, 0.1) is 0 Å². The normalized spacial score (nSPS) is 23.4. The number of urea groups is 1. The van der Waals surface area contributed by atoms with Gasteiger partial charge in [-0.2, -0.15) is 0 Å². The molecule has 0 aliphatic carbocycles. The molecule has 0 bridgehead atoms. The number of rotatable bonds is 4. The van der Waals surface area contributed by atoms with Crippen molar-refractivity contribution in [3.63, 3.8) is 0 Å². The van der Waals surface area contributed by atoms with Crippen LogP contribution in [0.3, 0.4) is 0 Å². The van der Waals surface area contributed by atoms with Gasteiger partial charge in [-0.15, -0.1) is 0 Å². The Balaban J connectivity index is 1.73. The van der Waals surface area contributed by atoms with Gasteiger partial charge in [0, 0.05) is 24.7 Å². The molecule has 0 radical (unpaired) electrons. The van der Waals surface area contributed by atoms with Crippen molar-refractivity contribution in [2.75, 3.05) is 25.2 Å². The molecule has 8 heteroatoms. The number of nitrogens with one attached hydrogen (secondary N) is 1. The molecular weight excluding hydrogens is 334 g/mol. The third kappa shape index (κ3) is 3.09. The van der Waals surface area contributed by atoms with Crippen LogP contribution in [0.1, 0.15) is 12.8 Å². The van der Waals surface area contributed by atoms with Crippen LogP contribution in [0.15, 0.2) is 24.3 Å². The molecule has 2 fully saturated rings. The van der Waals surface area contributed by atoms with Gasteiger partial charge in [0.05, 0.1) is 5.69 Å². The second-order valence-corrected chi connectivity index (χ2v) is 6.30. The molecule has 3 rings (SSSR count). The van der Waals surface area contributed by atoms with Crippen molar-refractivity contribution in [3.8, 4) is 0 Å². The second kappa shape index (κ2) is 6.78. The summed E-state index contributed by atoms with van der Waals surface area (Å²) >= 11 is 5.86. The number of methoxy groups -OCH3 is 1. The van der Waals surface area contributed by atoms with Gasteiger partial charge in [-0.05, 0) is 37.1 Å². The Bertz CT molecular complexity index is 664. The molecule has 0 unspecified atom stereocenters. The maximum atomic E-state index is 12.7. The van der Waals surface area contributed by atoms with Gasteiger partial charge >= 0.3 is 6.03 Å². The van der Waals surface area contributed by atoms with Crippen LogP contribution in [0.2, 0.25) is 5.02 Å². The van der Waals surface area contributed by atoms with E-state index in [-0.39, 0.29) is 30.5 Å². The Hall–Kier alpha value is -2.12. The zero-order valence-corrected chi connectivity index (χ0v) is 14.0. The van der Waals surface area contributed by atoms with Crippen molar-refractivity contribution in [2.45, 2.75) is 24.9 Å². The van der Waals surface area contributed by atoms with E-state index in [4.69, 9.17) is 16.3 Å². The Morgan fingerprint density at radius 2 is 2.04 bits per heavy atom. The molecule has 7 nitrogen and oxygen atoms in total. The minimum Gasteiger partial charge on any atom is -0.375 e. The minimum absolute atomic E-state index is 0.0192. The number of nitrogens with zero attached hydrogens (tertiary/aromatic N) is 2. The summed E-state index contributed by atoms with van der Waals surface area (Å²) in [5.74, 6) is -0.490. The molecule has 0 aromatic heterocycles. The molecule has 1 aromatic rings. The first-order valence-electron chi connectivity index (χ1n) is 7.69. The predicted molar refractivity (Wildman–Crippen MR) is 87.9 cm³/mol. The number of ether oxygens (including phenoxy) is 1. The van der Waals surface area contributed by atoms with E-state index < -0.39 is 6.04 Å². The first-order chi connectivity index (χ1) is 11.5. The van der Waals surface area contributed by atoms with Gasteiger partial charge < -0.3 is 15.0 Å². The van der Waals surface area contributed by atoms with Gasteiger partial charge in [0.1, 0.15) is 12.6 Å². The molecule has 1 aromatic carbocycles. The number of piperidine rings is 1. The van der Waals surface area contributed by atoms with Gasteiger partial charge in [0.15, 0.2) is 0 Å². The molecule has 2 saturated heterocycles. The van der Waals surface area contributed by atoms with Gasteiger partial charge in [-0.1, -0.05) is 11.6 Å². The highest BCUT2D eigenvalue weighted by atomic mass is 35.5. The molecule has 24 heavy (non-hydrogen) atoms. The van der Waals surface area contributed by atoms with Crippen molar-refractivity contribution < 1.29 is 19.1 Å². The third-order valence-electron chi connectivity index (χ3n) is 4.27. The van der Waals surface area contributed by atoms with Crippen molar-refractivity contribution in [1.29, 1.82) is 0 Å². The Labute approximate surface area is 144 Å². The van der Waals surface area contributed by atoms with Crippen LogP contribution in [0.25, 0.3) is 0 Å². The molecule has 2 aliphatic heterocycles. The van der Waals surface area contributed by atoms with Gasteiger partial charge in [0.25, 0.3) is 5.91 Å². The molecule has 0 saturated carbocycles. The number of hydrogen-bond acceptors (Lipinski definition) is 4. The molecule has 4 amide bonds. The van der Waals surface area contributed by atoms with Crippen LogP contribution in [-0.4, -0.2) is 55.1 Å². The standard InChI is InChI=1S/C16H18ClN3O4/c1-24-9-14(21)18-11-6-7-19-13(8-11)15(22)20(16(19)23)12-4-2-10(17)3-5-12/h2-5,11,13H,6-9H2,1H3,(H,18,21)/t11-,13+/m1/s1. The highest BCUT2D eigenvalue weighted by Gasteiger charge is 2.48. The maximum Gasteiger partial charge on any atom is 0.332 e. The number of amides is 4. The fourth-order valence-electron chi connectivity index (χ4n) is 3.16. The first-order valence-corrected chi connectivity index (χ1v) is 8.07. The summed E-state index contributed by atoms with van der Waals surface area (Å²) in [6, 6.07) is 5.56. The lowest BCUT2D eigenvalue weighted by atomic mass is 9.98. The summed E-state index contributed by atoms with van der Waals surface area (Å²) in [6.45, 7) is 0.409. The van der Waals surface area contributed by atoms with Gasteiger partial charge in [0.2, 0.25) is 5.91 Å². The van der Waals surface area contributed by atoms with E-state index in [0.29, 0.717) is 30.1 Å². The first kappa shape index (κ1) is 16.7. The molecule has 0 spiro atoms. The topological polar surface area (TPSA) is 79.0 Å². The van der Waals surface area contributed by atoms with Crippen LogP contribution in [-0.2, 0) is 14.3 Å². The summed E-state index contributed by atoms with van der Waals surface area (Å²) in [7, 11) is 1.45. The highest BCUT2D eigenvalue weighted by Crippen LogP contribution is 2.31. The average molecular weight is 352 g/mol. The second-order valence-electron chi connectivity index (χ2n) is 5.86. The summed E-state index contributed by atoms with van der Waals surface area (Å²) in [5.41, 5.74) is 0.503. The number of fused-ring (bicyclic) bond motifs is 1. The fraction of sp³-hybridized carbons (Fsp3) is 0.438. The number of carbonyl (C=O) groups excluding carboxylic acids is 3. The van der Waals surface area contributed by atoms with Crippen LogP contribution in [0.4, 0.5) is 10.5 Å². The molecule has 1 N–H and O–H groups in total. The molecule has 128 valence electrons. The van der Waals surface area contributed by atoms with E-state index in [0.717, 1.165) is 0 Å². The van der Waals surface area contributed by atoms with Gasteiger partial charge in [-0.25, -0.2) is 9.69 Å². The van der Waals surface area contributed by atoms with Crippen molar-refractivity contribution >= 4 is 35.1 Å². The van der Waals surface area contributed by atoms with E-state index in [9.17, 15) is 14.4 Å². The maximum absolute atomic E-state index is 12.7. The van der Waals surface area contributed by atoms with E-state index >= 15 is 0 Å². The number of anilines is 1. The van der Waals surface area contributed by atoms with Crippen LogP contribution < -0.4 is 10.2 Å². The van der Waals surface area contributed by atoms with Crippen molar-refractivity contribution in [1.82, 2.24) is 10.2 Å². The quantitative estimate of drug-likeness (QED) is 0.832. The van der Waals surface area contributed by atoms with E-state index in [1.165, 1.54) is 12.0 Å². The number of halogens is 1. The lowest BCUT2D eigenvalue weighted by Crippen LogP contribution is -2.50. The van der Waals surface area contributed by atoms with Crippen molar-refractivity contribution in [2.24, 2.45) is 0 Å². The van der Waals surface area contributed by atoms with E-state index in [2.05, 4.69) is 5.32 Å². The predicted octanol–water partition coefficient (Wildman–Crippen LogP) is 1.40. The largest absolute Gasteiger partial charge is 0.375 e. The molecular formula is C16H18ClN3O4. The Morgan fingerprint density at radius 1 is 1.33 bits per heavy atom. The number of imide groups is 1. The number of hydrogen-bond donors (Lipinski definition) is 1.